The van der Waals surface area contributed by atoms with Crippen LogP contribution in [0.15, 0.2) is 0 Å². The lowest BCUT2D eigenvalue weighted by atomic mass is 10.2. The SMILES string of the molecule is CO[Si](C)(C(C)(C)C)C(C)(C)C. The third kappa shape index (κ3) is 1.91. The Balaban J connectivity index is 4.95. The van der Waals surface area contributed by atoms with E-state index >= 15 is 0 Å². The van der Waals surface area contributed by atoms with Crippen LogP contribution in [0.4, 0.5) is 0 Å². The average Bonchev–Trinajstić information content (AvgIpc) is 1.81. The number of hydrogen-bond acceptors (Lipinski definition) is 1. The summed E-state index contributed by atoms with van der Waals surface area (Å²) in [4.78, 5) is 0. The highest BCUT2D eigenvalue weighted by Gasteiger charge is 2.50. The Labute approximate surface area is 78.6 Å². The first-order valence-electron chi connectivity index (χ1n) is 4.61. The molecule has 1 nitrogen and oxygen atoms in total. The van der Waals surface area contributed by atoms with E-state index in [-0.39, 0.29) is 0 Å². The van der Waals surface area contributed by atoms with Crippen molar-refractivity contribution in [2.24, 2.45) is 0 Å². The Morgan fingerprint density at radius 1 is 0.833 bits per heavy atom. The largest absolute Gasteiger partial charge is 0.419 e. The van der Waals surface area contributed by atoms with Crippen molar-refractivity contribution in [3.05, 3.63) is 0 Å². The van der Waals surface area contributed by atoms with Crippen LogP contribution in [0.3, 0.4) is 0 Å². The van der Waals surface area contributed by atoms with Crippen molar-refractivity contribution < 1.29 is 4.43 Å². The summed E-state index contributed by atoms with van der Waals surface area (Å²) in [6, 6.07) is 0. The van der Waals surface area contributed by atoms with E-state index in [1.54, 1.807) is 0 Å². The van der Waals surface area contributed by atoms with Crippen molar-refractivity contribution in [1.82, 2.24) is 0 Å². The Morgan fingerprint density at radius 2 is 1.08 bits per heavy atom. The normalized spacial score (nSPS) is 15.0. The molecule has 0 atom stereocenters. The van der Waals surface area contributed by atoms with E-state index in [0.29, 0.717) is 10.1 Å². The third-order valence-electron chi connectivity index (χ3n) is 3.27. The molecule has 74 valence electrons. The summed E-state index contributed by atoms with van der Waals surface area (Å²) in [5.41, 5.74) is 0. The smallest absolute Gasteiger partial charge is 0.199 e. The zero-order valence-electron chi connectivity index (χ0n) is 9.91. The lowest BCUT2D eigenvalue weighted by Crippen LogP contribution is -2.50. The van der Waals surface area contributed by atoms with E-state index in [4.69, 9.17) is 4.43 Å². The number of rotatable bonds is 1. The van der Waals surface area contributed by atoms with Gasteiger partial charge in [0.15, 0.2) is 8.32 Å². The lowest BCUT2D eigenvalue weighted by molar-refractivity contribution is 0.334. The Morgan fingerprint density at radius 3 is 1.08 bits per heavy atom. The average molecular weight is 188 g/mol. The van der Waals surface area contributed by atoms with E-state index in [2.05, 4.69) is 48.1 Å². The molecule has 0 rings (SSSR count). The minimum absolute atomic E-state index is 0.306. The van der Waals surface area contributed by atoms with Crippen LogP contribution in [0.1, 0.15) is 41.5 Å². The molecule has 12 heavy (non-hydrogen) atoms. The van der Waals surface area contributed by atoms with Gasteiger partial charge in [-0.1, -0.05) is 41.5 Å². The van der Waals surface area contributed by atoms with Crippen LogP contribution < -0.4 is 0 Å². The summed E-state index contributed by atoms with van der Waals surface area (Å²) < 4.78 is 5.81. The van der Waals surface area contributed by atoms with Crippen LogP contribution in [0.2, 0.25) is 16.6 Å². The Kier molecular flexibility index (Phi) is 3.19. The zero-order valence-corrected chi connectivity index (χ0v) is 10.9. The molecular formula is C10H24OSi. The molecule has 0 bridgehead atoms. The van der Waals surface area contributed by atoms with Gasteiger partial charge in [0.1, 0.15) is 0 Å². The fraction of sp³-hybridized carbons (Fsp3) is 1.00. The van der Waals surface area contributed by atoms with Crippen molar-refractivity contribution in [2.45, 2.75) is 58.2 Å². The van der Waals surface area contributed by atoms with Crippen LogP contribution in [0, 0.1) is 0 Å². The van der Waals surface area contributed by atoms with E-state index < -0.39 is 8.32 Å². The molecule has 0 spiro atoms. The van der Waals surface area contributed by atoms with E-state index in [1.807, 2.05) is 7.11 Å². The van der Waals surface area contributed by atoms with Crippen LogP contribution in [0.5, 0.6) is 0 Å². The van der Waals surface area contributed by atoms with Gasteiger partial charge in [0, 0.05) is 7.11 Å². The van der Waals surface area contributed by atoms with Crippen molar-refractivity contribution in [1.29, 1.82) is 0 Å². The van der Waals surface area contributed by atoms with Gasteiger partial charge < -0.3 is 4.43 Å². The first-order valence-corrected chi connectivity index (χ1v) is 7.02. The van der Waals surface area contributed by atoms with Gasteiger partial charge in [-0.05, 0) is 16.6 Å². The molecule has 0 aromatic heterocycles. The second kappa shape index (κ2) is 3.15. The Hall–Kier alpha value is 0.177. The standard InChI is InChI=1S/C10H24OSi/c1-9(2,3)12(8,11-7)10(4,5)6/h1-8H3. The van der Waals surface area contributed by atoms with Crippen LogP contribution in [-0.2, 0) is 4.43 Å². The minimum atomic E-state index is -1.63. The summed E-state index contributed by atoms with van der Waals surface area (Å²) in [6.45, 7) is 16.0. The molecule has 0 aliphatic rings. The topological polar surface area (TPSA) is 9.23 Å². The van der Waals surface area contributed by atoms with Gasteiger partial charge >= 0.3 is 0 Å². The monoisotopic (exact) mass is 188 g/mol. The van der Waals surface area contributed by atoms with E-state index in [0.717, 1.165) is 0 Å². The molecule has 0 N–H and O–H groups in total. The van der Waals surface area contributed by atoms with Crippen LogP contribution in [0.25, 0.3) is 0 Å². The zero-order chi connectivity index (χ0) is 10.2. The second-order valence-corrected chi connectivity index (χ2v) is 11.2. The molecule has 0 aromatic rings. The second-order valence-electron chi connectivity index (χ2n) is 5.74. The summed E-state index contributed by atoms with van der Waals surface area (Å²) >= 11 is 0. The van der Waals surface area contributed by atoms with Crippen LogP contribution >= 0.6 is 0 Å². The predicted octanol–water partition coefficient (Wildman–Crippen LogP) is 3.81. The highest BCUT2D eigenvalue weighted by Crippen LogP contribution is 2.50. The van der Waals surface area contributed by atoms with E-state index in [1.165, 1.54) is 0 Å². The van der Waals surface area contributed by atoms with Crippen molar-refractivity contribution in [3.8, 4) is 0 Å². The van der Waals surface area contributed by atoms with Gasteiger partial charge in [0.2, 0.25) is 0 Å². The summed E-state index contributed by atoms with van der Waals surface area (Å²) in [5, 5.41) is 0.611. The first kappa shape index (κ1) is 12.2. The summed E-state index contributed by atoms with van der Waals surface area (Å²) in [6.07, 6.45) is 0. The van der Waals surface area contributed by atoms with Gasteiger partial charge in [-0.15, -0.1) is 0 Å². The van der Waals surface area contributed by atoms with E-state index in [9.17, 15) is 0 Å². The fourth-order valence-corrected chi connectivity index (χ4v) is 5.21. The molecule has 0 aliphatic heterocycles. The molecule has 0 unspecified atom stereocenters. The van der Waals surface area contributed by atoms with Gasteiger partial charge in [0.25, 0.3) is 0 Å². The molecule has 0 aliphatic carbocycles. The van der Waals surface area contributed by atoms with Gasteiger partial charge in [0.05, 0.1) is 0 Å². The molecule has 0 radical (unpaired) electrons. The molecule has 2 heteroatoms. The van der Waals surface area contributed by atoms with Crippen molar-refractivity contribution in [2.75, 3.05) is 7.11 Å². The minimum Gasteiger partial charge on any atom is -0.419 e. The van der Waals surface area contributed by atoms with Gasteiger partial charge in [-0.3, -0.25) is 0 Å². The molecule has 0 saturated heterocycles. The van der Waals surface area contributed by atoms with Crippen LogP contribution in [-0.4, -0.2) is 15.4 Å². The summed E-state index contributed by atoms with van der Waals surface area (Å²) in [5.74, 6) is 0. The fourth-order valence-electron chi connectivity index (χ4n) is 1.74. The number of hydrogen-bond donors (Lipinski definition) is 0. The molecular weight excluding hydrogens is 164 g/mol. The third-order valence-corrected chi connectivity index (χ3v) is 9.81. The van der Waals surface area contributed by atoms with Crippen molar-refractivity contribution >= 4 is 8.32 Å². The molecule has 0 aromatic carbocycles. The highest BCUT2D eigenvalue weighted by atomic mass is 28.4. The highest BCUT2D eigenvalue weighted by molar-refractivity contribution is 6.78. The molecule has 0 amide bonds. The van der Waals surface area contributed by atoms with Gasteiger partial charge in [-0.2, -0.15) is 0 Å². The maximum Gasteiger partial charge on any atom is 0.199 e. The molecule has 0 fully saturated rings. The molecule has 0 saturated carbocycles. The van der Waals surface area contributed by atoms with Crippen molar-refractivity contribution in [3.63, 3.8) is 0 Å². The predicted molar refractivity (Wildman–Crippen MR) is 58.1 cm³/mol. The molecule has 0 heterocycles. The quantitative estimate of drug-likeness (QED) is 0.569. The summed E-state index contributed by atoms with van der Waals surface area (Å²) in [7, 11) is 0.237. The maximum atomic E-state index is 5.81. The van der Waals surface area contributed by atoms with Gasteiger partial charge in [-0.25, -0.2) is 0 Å². The Bertz CT molecular complexity index is 136. The maximum absolute atomic E-state index is 5.81. The first-order chi connectivity index (χ1) is 5.06. The lowest BCUT2D eigenvalue weighted by Gasteiger charge is -2.47.